The number of anilines is 1. The Kier molecular flexibility index (Phi) is 4.90. The second-order valence-electron chi connectivity index (χ2n) is 6.13. The molecule has 2 aromatic rings. The molecule has 0 aliphatic carbocycles. The zero-order valence-corrected chi connectivity index (χ0v) is 14.6. The van der Waals surface area contributed by atoms with E-state index in [0.29, 0.717) is 33.7 Å². The molecule has 9 nitrogen and oxygen atoms in total. The number of aliphatic carboxylic acids is 1. The van der Waals surface area contributed by atoms with Crippen LogP contribution in [0.5, 0.6) is 0 Å². The highest BCUT2D eigenvalue weighted by Gasteiger charge is 2.32. The third kappa shape index (κ3) is 3.58. The Morgan fingerprint density at radius 2 is 1.71 bits per heavy atom. The molecule has 1 aliphatic heterocycles. The van der Waals surface area contributed by atoms with Crippen molar-refractivity contribution in [2.24, 2.45) is 5.73 Å². The van der Waals surface area contributed by atoms with Gasteiger partial charge in [0.05, 0.1) is 0 Å². The maximum absolute atomic E-state index is 12.5. The molecule has 0 radical (unpaired) electrons. The number of amides is 3. The lowest BCUT2D eigenvalue weighted by molar-refractivity contribution is -0.154. The molecule has 1 aliphatic rings. The fourth-order valence-corrected chi connectivity index (χ4v) is 2.86. The number of carbonyl (C=O) groups is 4. The quantitative estimate of drug-likeness (QED) is 0.351. The van der Waals surface area contributed by atoms with Gasteiger partial charge >= 0.3 is 11.9 Å². The maximum atomic E-state index is 12.5. The van der Waals surface area contributed by atoms with Gasteiger partial charge in [0.25, 0.3) is 11.8 Å². The Bertz CT molecular complexity index is 1010. The number of imide groups is 1. The predicted molar refractivity (Wildman–Crippen MR) is 99.2 cm³/mol. The Hall–Kier alpha value is -4.01. The maximum Gasteiger partial charge on any atom is 0.395 e. The summed E-state index contributed by atoms with van der Waals surface area (Å²) in [4.78, 5) is 48.1. The van der Waals surface area contributed by atoms with Crippen molar-refractivity contribution in [2.75, 3.05) is 11.9 Å². The smallest absolute Gasteiger partial charge is 0.395 e. The van der Waals surface area contributed by atoms with Crippen LogP contribution in [-0.2, 0) is 16.0 Å². The fraction of sp³-hybridized carbons (Fsp3) is 0.105. The lowest BCUT2D eigenvalue weighted by atomic mass is 9.98. The normalized spacial score (nSPS) is 12.9. The number of hydrogen-bond donors (Lipinski definition) is 4. The van der Waals surface area contributed by atoms with Gasteiger partial charge in [-0.15, -0.1) is 0 Å². The molecule has 0 saturated heterocycles. The van der Waals surface area contributed by atoms with Crippen LogP contribution in [0.25, 0.3) is 0 Å². The largest absolute Gasteiger partial charge is 0.474 e. The SMILES string of the molecule is N=C(N)c1ccc(C(=O)Nc2ccc3c(c2)C(=O)N(C(=O)C(=O)O)CC3)cc1. The van der Waals surface area contributed by atoms with Crippen LogP contribution in [0.15, 0.2) is 42.5 Å². The van der Waals surface area contributed by atoms with Crippen molar-refractivity contribution < 1.29 is 24.3 Å². The van der Waals surface area contributed by atoms with E-state index in [4.69, 9.17) is 16.2 Å². The molecule has 2 aromatic carbocycles. The van der Waals surface area contributed by atoms with Crippen LogP contribution in [-0.4, -0.2) is 46.1 Å². The number of nitrogen functional groups attached to an aromatic ring is 1. The van der Waals surface area contributed by atoms with E-state index in [1.807, 2.05) is 0 Å². The van der Waals surface area contributed by atoms with Gasteiger partial charge in [0.2, 0.25) is 0 Å². The summed E-state index contributed by atoms with van der Waals surface area (Å²) in [7, 11) is 0. The van der Waals surface area contributed by atoms with E-state index in [0.717, 1.165) is 0 Å². The van der Waals surface area contributed by atoms with Gasteiger partial charge in [0, 0.05) is 28.9 Å². The summed E-state index contributed by atoms with van der Waals surface area (Å²) >= 11 is 0. The van der Waals surface area contributed by atoms with E-state index in [2.05, 4.69) is 5.32 Å². The van der Waals surface area contributed by atoms with Gasteiger partial charge in [-0.2, -0.15) is 0 Å². The molecule has 28 heavy (non-hydrogen) atoms. The van der Waals surface area contributed by atoms with Gasteiger partial charge in [-0.3, -0.25) is 24.7 Å². The van der Waals surface area contributed by atoms with E-state index in [9.17, 15) is 19.2 Å². The first-order valence-corrected chi connectivity index (χ1v) is 8.26. The number of rotatable bonds is 3. The van der Waals surface area contributed by atoms with Crippen LogP contribution in [0.1, 0.15) is 31.8 Å². The number of nitrogens with two attached hydrogens (primary N) is 1. The van der Waals surface area contributed by atoms with E-state index in [1.165, 1.54) is 18.2 Å². The highest BCUT2D eigenvalue weighted by molar-refractivity contribution is 6.35. The van der Waals surface area contributed by atoms with E-state index in [-0.39, 0.29) is 17.9 Å². The number of carboxylic acids is 1. The molecule has 0 bridgehead atoms. The van der Waals surface area contributed by atoms with Crippen LogP contribution < -0.4 is 11.1 Å². The van der Waals surface area contributed by atoms with Crippen LogP contribution in [0.2, 0.25) is 0 Å². The molecular weight excluding hydrogens is 364 g/mol. The van der Waals surface area contributed by atoms with Gasteiger partial charge in [0.15, 0.2) is 0 Å². The second kappa shape index (κ2) is 7.31. The van der Waals surface area contributed by atoms with Crippen LogP contribution in [0.3, 0.4) is 0 Å². The molecule has 0 unspecified atom stereocenters. The zero-order chi connectivity index (χ0) is 20.4. The van der Waals surface area contributed by atoms with Gasteiger partial charge < -0.3 is 16.2 Å². The molecule has 3 rings (SSSR count). The zero-order valence-electron chi connectivity index (χ0n) is 14.6. The number of nitrogens with zero attached hydrogens (tertiary/aromatic N) is 1. The summed E-state index contributed by atoms with van der Waals surface area (Å²) in [6.07, 6.45) is 0.334. The minimum Gasteiger partial charge on any atom is -0.474 e. The van der Waals surface area contributed by atoms with E-state index in [1.54, 1.807) is 24.3 Å². The first-order chi connectivity index (χ1) is 13.3. The van der Waals surface area contributed by atoms with Crippen molar-refractivity contribution >= 4 is 35.2 Å². The van der Waals surface area contributed by atoms with Gasteiger partial charge in [-0.1, -0.05) is 18.2 Å². The van der Waals surface area contributed by atoms with E-state index >= 15 is 0 Å². The topological polar surface area (TPSA) is 154 Å². The number of amidine groups is 1. The number of fused-ring (bicyclic) bond motifs is 1. The lowest BCUT2D eigenvalue weighted by Gasteiger charge is -2.25. The van der Waals surface area contributed by atoms with Gasteiger partial charge in [0.1, 0.15) is 5.84 Å². The van der Waals surface area contributed by atoms with Gasteiger partial charge in [-0.05, 0) is 36.2 Å². The van der Waals surface area contributed by atoms with Crippen molar-refractivity contribution in [2.45, 2.75) is 6.42 Å². The molecule has 0 spiro atoms. The summed E-state index contributed by atoms with van der Waals surface area (Å²) in [5.41, 5.74) is 7.37. The summed E-state index contributed by atoms with van der Waals surface area (Å²) < 4.78 is 0. The Morgan fingerprint density at radius 1 is 1.07 bits per heavy atom. The molecule has 0 atom stereocenters. The minimum absolute atomic E-state index is 0.00876. The molecule has 0 aromatic heterocycles. The third-order valence-electron chi connectivity index (χ3n) is 4.33. The molecule has 9 heteroatoms. The highest BCUT2D eigenvalue weighted by atomic mass is 16.4. The third-order valence-corrected chi connectivity index (χ3v) is 4.33. The summed E-state index contributed by atoms with van der Waals surface area (Å²) in [6.45, 7) is -0.00876. The fourth-order valence-electron chi connectivity index (χ4n) is 2.86. The molecule has 142 valence electrons. The number of carboxylic acid groups (broad SMARTS) is 1. The van der Waals surface area contributed by atoms with Crippen LogP contribution >= 0.6 is 0 Å². The number of benzene rings is 2. The number of nitrogens with one attached hydrogen (secondary N) is 2. The molecule has 5 N–H and O–H groups in total. The Labute approximate surface area is 159 Å². The monoisotopic (exact) mass is 380 g/mol. The molecule has 3 amide bonds. The Balaban J connectivity index is 1.81. The van der Waals surface area contributed by atoms with Crippen molar-refractivity contribution in [3.05, 3.63) is 64.7 Å². The van der Waals surface area contributed by atoms with Crippen molar-refractivity contribution in [1.29, 1.82) is 5.41 Å². The Morgan fingerprint density at radius 3 is 2.32 bits per heavy atom. The van der Waals surface area contributed by atoms with E-state index < -0.39 is 23.7 Å². The van der Waals surface area contributed by atoms with Crippen molar-refractivity contribution in [3.63, 3.8) is 0 Å². The van der Waals surface area contributed by atoms with Gasteiger partial charge in [-0.25, -0.2) is 4.79 Å². The molecule has 0 saturated carbocycles. The number of carbonyl (C=O) groups excluding carboxylic acids is 3. The van der Waals surface area contributed by atoms with Crippen LogP contribution in [0.4, 0.5) is 5.69 Å². The highest BCUT2D eigenvalue weighted by Crippen LogP contribution is 2.23. The minimum atomic E-state index is -1.70. The van der Waals surface area contributed by atoms with Crippen molar-refractivity contribution in [1.82, 2.24) is 4.90 Å². The average molecular weight is 380 g/mol. The first-order valence-electron chi connectivity index (χ1n) is 8.26. The summed E-state index contributed by atoms with van der Waals surface area (Å²) in [6, 6.07) is 10.8. The first kappa shape index (κ1) is 18.8. The second-order valence-corrected chi connectivity index (χ2v) is 6.13. The number of hydrogen-bond acceptors (Lipinski definition) is 5. The molecule has 1 heterocycles. The average Bonchev–Trinajstić information content (AvgIpc) is 2.68. The summed E-state index contributed by atoms with van der Waals surface area (Å²) in [5.74, 6) is -4.24. The molecular formula is C19H16N4O5. The van der Waals surface area contributed by atoms with Crippen LogP contribution in [0, 0.1) is 5.41 Å². The van der Waals surface area contributed by atoms with Crippen molar-refractivity contribution in [3.8, 4) is 0 Å². The lowest BCUT2D eigenvalue weighted by Crippen LogP contribution is -2.45. The summed E-state index contributed by atoms with van der Waals surface area (Å²) in [5, 5.41) is 18.8. The standard InChI is InChI=1S/C19H16N4O5/c20-15(21)11-1-3-12(4-2-11)16(24)22-13-6-5-10-7-8-23(18(26)19(27)28)17(25)14(10)9-13/h1-6,9H,7-8H2,(H3,20,21)(H,22,24)(H,27,28). The molecule has 0 fully saturated rings. The predicted octanol–water partition coefficient (Wildman–Crippen LogP) is 0.832.